The van der Waals surface area contributed by atoms with Gasteiger partial charge in [-0.3, -0.25) is 13.9 Å². The zero-order chi connectivity index (χ0) is 26.3. The fourth-order valence-corrected chi connectivity index (χ4v) is 4.57. The SMILES string of the molecule is CCCCNC(=O)[C@@H](C)N(Cc1ccccc1F)C(=O)CN(c1ccc2c(c1)OCCO2)S(C)(=O)=O. The standard InChI is InChI=1S/C25H32FN3O6S/c1-4-5-12-27-25(31)18(2)28(16-19-8-6-7-9-21(19)26)24(30)17-29(36(3,32)33)20-10-11-22-23(15-20)35-14-13-34-22/h6-11,15,18H,4-5,12-14,16-17H2,1-3H3,(H,27,31)/t18-/m1/s1. The molecule has 0 aliphatic carbocycles. The highest BCUT2D eigenvalue weighted by Crippen LogP contribution is 2.34. The molecule has 1 aliphatic heterocycles. The fraction of sp³-hybridized carbons (Fsp3) is 0.440. The van der Waals surface area contributed by atoms with Crippen LogP contribution in [-0.2, 0) is 26.2 Å². The van der Waals surface area contributed by atoms with Gasteiger partial charge < -0.3 is 19.7 Å². The Balaban J connectivity index is 1.90. The first-order chi connectivity index (χ1) is 17.1. The molecule has 2 amide bonds. The topological polar surface area (TPSA) is 105 Å². The second kappa shape index (κ2) is 12.1. The molecule has 0 bridgehead atoms. The van der Waals surface area contributed by atoms with Crippen LogP contribution in [-0.4, -0.2) is 63.7 Å². The molecule has 2 aromatic rings. The zero-order valence-corrected chi connectivity index (χ0v) is 21.5. The summed E-state index contributed by atoms with van der Waals surface area (Å²) in [7, 11) is -3.90. The van der Waals surface area contributed by atoms with Gasteiger partial charge in [-0.25, -0.2) is 12.8 Å². The monoisotopic (exact) mass is 521 g/mol. The maximum Gasteiger partial charge on any atom is 0.244 e. The molecular formula is C25H32FN3O6S. The lowest BCUT2D eigenvalue weighted by molar-refractivity contribution is -0.139. The average Bonchev–Trinajstić information content (AvgIpc) is 2.85. The van der Waals surface area contributed by atoms with Crippen LogP contribution in [0.5, 0.6) is 11.5 Å². The molecule has 3 rings (SSSR count). The van der Waals surface area contributed by atoms with Crippen molar-refractivity contribution in [1.29, 1.82) is 0 Å². The number of anilines is 1. The Morgan fingerprint density at radius 1 is 1.11 bits per heavy atom. The van der Waals surface area contributed by atoms with Crippen LogP contribution in [0.25, 0.3) is 0 Å². The molecule has 9 nitrogen and oxygen atoms in total. The summed E-state index contributed by atoms with van der Waals surface area (Å²) in [5.41, 5.74) is 0.422. The first-order valence-corrected chi connectivity index (χ1v) is 13.6. The largest absolute Gasteiger partial charge is 0.486 e. The van der Waals surface area contributed by atoms with E-state index in [9.17, 15) is 22.4 Å². The van der Waals surface area contributed by atoms with Gasteiger partial charge >= 0.3 is 0 Å². The van der Waals surface area contributed by atoms with E-state index in [4.69, 9.17) is 9.47 Å². The number of carbonyl (C=O) groups excluding carboxylic acids is 2. The number of benzene rings is 2. The van der Waals surface area contributed by atoms with Crippen molar-refractivity contribution in [2.75, 3.05) is 36.9 Å². The van der Waals surface area contributed by atoms with Gasteiger partial charge in [0, 0.05) is 24.7 Å². The van der Waals surface area contributed by atoms with Crippen molar-refractivity contribution in [2.24, 2.45) is 0 Å². The lowest BCUT2D eigenvalue weighted by Crippen LogP contribution is -2.51. The van der Waals surface area contributed by atoms with E-state index in [1.54, 1.807) is 12.1 Å². The highest BCUT2D eigenvalue weighted by Gasteiger charge is 2.31. The first-order valence-electron chi connectivity index (χ1n) is 11.8. The van der Waals surface area contributed by atoms with E-state index < -0.39 is 40.2 Å². The highest BCUT2D eigenvalue weighted by atomic mass is 32.2. The van der Waals surface area contributed by atoms with Gasteiger partial charge in [-0.15, -0.1) is 0 Å². The van der Waals surface area contributed by atoms with Crippen molar-refractivity contribution in [2.45, 2.75) is 39.3 Å². The van der Waals surface area contributed by atoms with E-state index in [0.717, 1.165) is 23.4 Å². The van der Waals surface area contributed by atoms with E-state index in [1.165, 1.54) is 42.2 Å². The van der Waals surface area contributed by atoms with Crippen molar-refractivity contribution in [3.63, 3.8) is 0 Å². The molecule has 0 saturated carbocycles. The Morgan fingerprint density at radius 2 is 1.81 bits per heavy atom. The minimum atomic E-state index is -3.90. The number of unbranched alkanes of at least 4 members (excludes halogenated alkanes) is 1. The first kappa shape index (κ1) is 27.3. The number of amides is 2. The number of hydrogen-bond donors (Lipinski definition) is 1. The average molecular weight is 522 g/mol. The maximum absolute atomic E-state index is 14.4. The summed E-state index contributed by atoms with van der Waals surface area (Å²) in [6.07, 6.45) is 2.64. The summed E-state index contributed by atoms with van der Waals surface area (Å²) in [4.78, 5) is 27.5. The maximum atomic E-state index is 14.4. The van der Waals surface area contributed by atoms with E-state index in [0.29, 0.717) is 31.3 Å². The van der Waals surface area contributed by atoms with Crippen molar-refractivity contribution >= 4 is 27.5 Å². The van der Waals surface area contributed by atoms with Crippen LogP contribution < -0.4 is 19.1 Å². The Labute approximate surface area is 211 Å². The molecule has 1 atom stereocenters. The van der Waals surface area contributed by atoms with Crippen LogP contribution in [0.2, 0.25) is 0 Å². The van der Waals surface area contributed by atoms with E-state index in [2.05, 4.69) is 5.32 Å². The van der Waals surface area contributed by atoms with Gasteiger partial charge in [-0.2, -0.15) is 0 Å². The van der Waals surface area contributed by atoms with Crippen LogP contribution in [0.15, 0.2) is 42.5 Å². The van der Waals surface area contributed by atoms with E-state index in [-0.39, 0.29) is 17.8 Å². The van der Waals surface area contributed by atoms with Crippen molar-refractivity contribution in [3.05, 3.63) is 53.8 Å². The molecule has 1 heterocycles. The molecule has 1 N–H and O–H groups in total. The number of carbonyl (C=O) groups is 2. The quantitative estimate of drug-likeness (QED) is 0.456. The Bertz CT molecular complexity index is 1190. The van der Waals surface area contributed by atoms with Crippen molar-refractivity contribution in [1.82, 2.24) is 10.2 Å². The molecule has 0 saturated heterocycles. The van der Waals surface area contributed by atoms with Gasteiger partial charge in [0.15, 0.2) is 11.5 Å². The molecule has 2 aromatic carbocycles. The van der Waals surface area contributed by atoms with Crippen LogP contribution >= 0.6 is 0 Å². The second-order valence-electron chi connectivity index (χ2n) is 8.53. The highest BCUT2D eigenvalue weighted by molar-refractivity contribution is 7.92. The third kappa shape index (κ3) is 6.87. The molecule has 1 aliphatic rings. The van der Waals surface area contributed by atoms with Gasteiger partial charge in [0.1, 0.15) is 31.6 Å². The second-order valence-corrected chi connectivity index (χ2v) is 10.4. The molecule has 0 spiro atoms. The lowest BCUT2D eigenvalue weighted by atomic mass is 10.1. The van der Waals surface area contributed by atoms with E-state index in [1.807, 2.05) is 6.92 Å². The number of sulfonamides is 1. The molecular weight excluding hydrogens is 489 g/mol. The number of nitrogens with one attached hydrogen (secondary N) is 1. The van der Waals surface area contributed by atoms with Gasteiger partial charge in [-0.05, 0) is 31.5 Å². The summed E-state index contributed by atoms with van der Waals surface area (Å²) in [5.74, 6) is -0.745. The zero-order valence-electron chi connectivity index (χ0n) is 20.7. The molecule has 11 heteroatoms. The van der Waals surface area contributed by atoms with Crippen LogP contribution in [0.1, 0.15) is 32.3 Å². The molecule has 0 unspecified atom stereocenters. The third-order valence-corrected chi connectivity index (χ3v) is 6.93. The smallest absolute Gasteiger partial charge is 0.244 e. The summed E-state index contributed by atoms with van der Waals surface area (Å²) in [5, 5.41) is 2.78. The third-order valence-electron chi connectivity index (χ3n) is 5.79. The predicted octanol–water partition coefficient (Wildman–Crippen LogP) is 2.70. The number of halogens is 1. The van der Waals surface area contributed by atoms with Gasteiger partial charge in [0.2, 0.25) is 21.8 Å². The van der Waals surface area contributed by atoms with E-state index >= 15 is 0 Å². The summed E-state index contributed by atoms with van der Waals surface area (Å²) in [6.45, 7) is 3.87. The Kier molecular flexibility index (Phi) is 9.14. The molecule has 36 heavy (non-hydrogen) atoms. The number of rotatable bonds is 11. The van der Waals surface area contributed by atoms with Gasteiger partial charge in [0.05, 0.1) is 11.9 Å². The number of hydrogen-bond acceptors (Lipinski definition) is 6. The van der Waals surface area contributed by atoms with Crippen molar-refractivity contribution in [3.8, 4) is 11.5 Å². The lowest BCUT2D eigenvalue weighted by Gasteiger charge is -2.32. The fourth-order valence-electron chi connectivity index (χ4n) is 3.73. The molecule has 196 valence electrons. The summed E-state index contributed by atoms with van der Waals surface area (Å²) < 4.78 is 51.8. The summed E-state index contributed by atoms with van der Waals surface area (Å²) >= 11 is 0. The minimum absolute atomic E-state index is 0.202. The van der Waals surface area contributed by atoms with Crippen LogP contribution in [0.3, 0.4) is 0 Å². The predicted molar refractivity (Wildman–Crippen MR) is 134 cm³/mol. The minimum Gasteiger partial charge on any atom is -0.486 e. The normalized spacial score (nSPS) is 13.6. The molecule has 0 fully saturated rings. The number of fused-ring (bicyclic) bond motifs is 1. The Hall–Kier alpha value is -3.34. The molecule has 0 radical (unpaired) electrons. The van der Waals surface area contributed by atoms with Crippen molar-refractivity contribution < 1.29 is 31.9 Å². The number of nitrogens with zero attached hydrogens (tertiary/aromatic N) is 2. The summed E-state index contributed by atoms with van der Waals surface area (Å²) in [6, 6.07) is 9.57. The van der Waals surface area contributed by atoms with Gasteiger partial charge in [-0.1, -0.05) is 31.5 Å². The van der Waals surface area contributed by atoms with Crippen LogP contribution in [0.4, 0.5) is 10.1 Å². The molecule has 0 aromatic heterocycles. The van der Waals surface area contributed by atoms with Crippen LogP contribution in [0, 0.1) is 5.82 Å². The number of ether oxygens (including phenoxy) is 2. The Morgan fingerprint density at radius 3 is 2.47 bits per heavy atom. The van der Waals surface area contributed by atoms with Gasteiger partial charge in [0.25, 0.3) is 0 Å².